The van der Waals surface area contributed by atoms with Gasteiger partial charge in [0.25, 0.3) is 5.91 Å². The van der Waals surface area contributed by atoms with Crippen LogP contribution in [0.2, 0.25) is 0 Å². The molecule has 12 nitrogen and oxygen atoms in total. The molecule has 0 bridgehead atoms. The highest BCUT2D eigenvalue weighted by atomic mass is 35.5. The van der Waals surface area contributed by atoms with Crippen molar-refractivity contribution in [3.8, 4) is 12.1 Å². The van der Waals surface area contributed by atoms with Gasteiger partial charge in [-0.3, -0.25) is 19.6 Å². The Morgan fingerprint density at radius 2 is 1.08 bits per heavy atom. The number of nitrogens with one attached hydrogen (secondary N) is 1. The van der Waals surface area contributed by atoms with Crippen LogP contribution in [0.25, 0.3) is 10.9 Å². The molecule has 1 N–H and O–H groups in total. The zero-order valence-corrected chi connectivity index (χ0v) is 37.6. The third kappa shape index (κ3) is 14.1. The number of amides is 1. The minimum absolute atomic E-state index is 0. The summed E-state index contributed by atoms with van der Waals surface area (Å²) in [7, 11) is 0. The van der Waals surface area contributed by atoms with Gasteiger partial charge in [-0.15, -0.1) is 74.4 Å². The van der Waals surface area contributed by atoms with Crippen LogP contribution in [-0.4, -0.2) is 97.1 Å². The molecule has 8 rings (SSSR count). The third-order valence-corrected chi connectivity index (χ3v) is 9.97. The molecule has 6 aromatic rings. The summed E-state index contributed by atoms with van der Waals surface area (Å²) >= 11 is 0. The van der Waals surface area contributed by atoms with Gasteiger partial charge in [0.05, 0.1) is 58.4 Å². The average Bonchev–Trinajstić information content (AvgIpc) is 3.87. The number of nitriles is 2. The lowest BCUT2D eigenvalue weighted by Gasteiger charge is -2.35. The standard InChI is InChI=1S/C26H24N6O.C16H19N5.6ClH/c27-15-20-6-8-21(9-7-20)17-32-19-28-16-23(32)18-30-11-13-31(14-12-30)26(33)24-5-1-3-22-4-2-10-29-25(22)24;17-9-14-1-3-15(4-2-14)11-21-13-19-10-16(21)12-20-7-5-18-6-8-20;;;;;;/h1-10,16,19H,11-14,17-18H2;1-4,10,13,18H,5-8,11-12H2;6*1H. The molecule has 0 saturated carbocycles. The molecule has 2 aliphatic rings. The SMILES string of the molecule is Cl.Cl.Cl.Cl.Cl.Cl.N#Cc1ccc(Cn2cncc2CN2CCN(C(=O)c3cccc4cccnc34)CC2)cc1.N#Cc1ccc(Cn2cncc2CN2CCNCC2)cc1. The van der Waals surface area contributed by atoms with Crippen LogP contribution in [0.5, 0.6) is 0 Å². The summed E-state index contributed by atoms with van der Waals surface area (Å²) in [5.74, 6) is 0.0461. The number of carbonyl (C=O) groups is 1. The first-order chi connectivity index (χ1) is 26.6. The van der Waals surface area contributed by atoms with E-state index >= 15 is 0 Å². The second-order valence-corrected chi connectivity index (χ2v) is 13.6. The fraction of sp³-hybridized carbons (Fsp3) is 0.286. The van der Waals surface area contributed by atoms with E-state index in [0.29, 0.717) is 36.3 Å². The van der Waals surface area contributed by atoms with Crippen LogP contribution < -0.4 is 5.32 Å². The van der Waals surface area contributed by atoms with Gasteiger partial charge in [0, 0.05) is 103 Å². The molecule has 18 heteroatoms. The van der Waals surface area contributed by atoms with Gasteiger partial charge in [-0.05, 0) is 47.5 Å². The van der Waals surface area contributed by atoms with E-state index in [1.54, 1.807) is 6.20 Å². The molecule has 0 radical (unpaired) electrons. The number of pyridine rings is 1. The van der Waals surface area contributed by atoms with Gasteiger partial charge in [0.1, 0.15) is 0 Å². The molecule has 60 heavy (non-hydrogen) atoms. The van der Waals surface area contributed by atoms with Gasteiger partial charge >= 0.3 is 0 Å². The van der Waals surface area contributed by atoms with Gasteiger partial charge in [-0.25, -0.2) is 9.97 Å². The molecule has 0 atom stereocenters. The summed E-state index contributed by atoms with van der Waals surface area (Å²) in [4.78, 5) is 33.0. The van der Waals surface area contributed by atoms with Crippen molar-refractivity contribution in [3.05, 3.63) is 149 Å². The minimum Gasteiger partial charge on any atom is -0.336 e. The number of fused-ring (bicyclic) bond motifs is 1. The maximum Gasteiger partial charge on any atom is 0.256 e. The van der Waals surface area contributed by atoms with Crippen LogP contribution in [0, 0.1) is 22.7 Å². The van der Waals surface area contributed by atoms with Gasteiger partial charge in [0.2, 0.25) is 0 Å². The van der Waals surface area contributed by atoms with Crippen molar-refractivity contribution < 1.29 is 4.79 Å². The molecule has 5 heterocycles. The largest absolute Gasteiger partial charge is 0.336 e. The summed E-state index contributed by atoms with van der Waals surface area (Å²) in [6.07, 6.45) is 9.32. The molecule has 2 saturated heterocycles. The molecule has 0 unspecified atom stereocenters. The van der Waals surface area contributed by atoms with Crippen LogP contribution in [0.1, 0.15) is 44.0 Å². The Balaban J connectivity index is 0.000000588. The van der Waals surface area contributed by atoms with Crippen molar-refractivity contribution in [1.82, 2.24) is 44.1 Å². The number of hydrogen-bond donors (Lipinski definition) is 1. The number of rotatable bonds is 9. The van der Waals surface area contributed by atoms with E-state index in [1.807, 2.05) is 109 Å². The Kier molecular flexibility index (Phi) is 23.8. The summed E-state index contributed by atoms with van der Waals surface area (Å²) in [6, 6.07) is 29.3. The number of hydrogen-bond acceptors (Lipinski definition) is 9. The van der Waals surface area contributed by atoms with Gasteiger partial charge in [-0.1, -0.05) is 42.5 Å². The first kappa shape index (κ1) is 53.6. The van der Waals surface area contributed by atoms with Crippen LogP contribution >= 0.6 is 74.4 Å². The Morgan fingerprint density at radius 3 is 1.58 bits per heavy atom. The second kappa shape index (κ2) is 26.7. The Hall–Kier alpha value is -4.44. The molecular weight excluding hydrogens is 887 g/mol. The lowest BCUT2D eigenvalue weighted by Crippen LogP contribution is -2.48. The predicted octanol–water partition coefficient (Wildman–Crippen LogP) is 7.05. The highest BCUT2D eigenvalue weighted by Gasteiger charge is 2.24. The fourth-order valence-electron chi connectivity index (χ4n) is 6.89. The van der Waals surface area contributed by atoms with Crippen molar-refractivity contribution in [2.75, 3.05) is 52.4 Å². The zero-order valence-electron chi connectivity index (χ0n) is 32.7. The molecule has 3 aromatic carbocycles. The maximum atomic E-state index is 13.2. The van der Waals surface area contributed by atoms with Crippen molar-refractivity contribution in [1.29, 1.82) is 10.5 Å². The van der Waals surface area contributed by atoms with Gasteiger partial charge in [-0.2, -0.15) is 10.5 Å². The Labute approximate surface area is 388 Å². The highest BCUT2D eigenvalue weighted by Crippen LogP contribution is 2.20. The third-order valence-electron chi connectivity index (χ3n) is 9.97. The molecule has 2 aliphatic heterocycles. The van der Waals surface area contributed by atoms with Crippen LogP contribution in [-0.2, 0) is 26.2 Å². The first-order valence-corrected chi connectivity index (χ1v) is 18.3. The van der Waals surface area contributed by atoms with Gasteiger partial charge in [0.15, 0.2) is 0 Å². The van der Waals surface area contributed by atoms with E-state index in [1.165, 1.54) is 11.3 Å². The molecule has 1 amide bonds. The number of benzene rings is 3. The summed E-state index contributed by atoms with van der Waals surface area (Å²) in [5, 5.41) is 22.2. The molecular formula is C42H49Cl6N11O. The summed E-state index contributed by atoms with van der Waals surface area (Å²) in [5.41, 5.74) is 7.49. The van der Waals surface area contributed by atoms with Crippen molar-refractivity contribution >= 4 is 91.3 Å². The monoisotopic (exact) mass is 933 g/mol. The fourth-order valence-corrected chi connectivity index (χ4v) is 6.89. The lowest BCUT2D eigenvalue weighted by atomic mass is 10.1. The van der Waals surface area contributed by atoms with E-state index in [9.17, 15) is 4.79 Å². The van der Waals surface area contributed by atoms with Crippen molar-refractivity contribution in [2.24, 2.45) is 0 Å². The normalized spacial score (nSPS) is 13.4. The predicted molar refractivity (Wildman–Crippen MR) is 250 cm³/mol. The number of carbonyl (C=O) groups excluding carboxylic acids is 1. The number of halogens is 6. The second-order valence-electron chi connectivity index (χ2n) is 13.6. The average molecular weight is 937 g/mol. The highest BCUT2D eigenvalue weighted by molar-refractivity contribution is 6.05. The topological polar surface area (TPSA) is 135 Å². The van der Waals surface area contributed by atoms with E-state index < -0.39 is 0 Å². The zero-order chi connectivity index (χ0) is 37.1. The molecule has 0 aliphatic carbocycles. The number of piperazine rings is 2. The van der Waals surface area contributed by atoms with Crippen LogP contribution in [0.3, 0.4) is 0 Å². The number of imidazole rings is 2. The van der Waals surface area contributed by atoms with E-state index in [2.05, 4.69) is 51.3 Å². The number of para-hydroxylation sites is 1. The quantitative estimate of drug-likeness (QED) is 0.162. The lowest BCUT2D eigenvalue weighted by molar-refractivity contribution is 0.0627. The molecule has 2 fully saturated rings. The maximum absolute atomic E-state index is 13.2. The number of nitrogens with zero attached hydrogens (tertiary/aromatic N) is 10. The Morgan fingerprint density at radius 1 is 0.600 bits per heavy atom. The first-order valence-electron chi connectivity index (χ1n) is 18.3. The van der Waals surface area contributed by atoms with Crippen molar-refractivity contribution in [2.45, 2.75) is 26.2 Å². The van der Waals surface area contributed by atoms with E-state index in [4.69, 9.17) is 10.5 Å². The van der Waals surface area contributed by atoms with Crippen LogP contribution in [0.15, 0.2) is 110 Å². The smallest absolute Gasteiger partial charge is 0.256 e. The molecule has 0 spiro atoms. The molecule has 3 aromatic heterocycles. The summed E-state index contributed by atoms with van der Waals surface area (Å²) in [6.45, 7) is 10.5. The van der Waals surface area contributed by atoms with E-state index in [0.717, 1.165) is 81.1 Å². The molecule has 320 valence electrons. The Bertz CT molecular complexity index is 2250. The minimum atomic E-state index is 0. The van der Waals surface area contributed by atoms with E-state index in [-0.39, 0.29) is 80.3 Å². The van der Waals surface area contributed by atoms with Crippen molar-refractivity contribution in [3.63, 3.8) is 0 Å². The van der Waals surface area contributed by atoms with Gasteiger partial charge < -0.3 is 19.4 Å². The summed E-state index contributed by atoms with van der Waals surface area (Å²) < 4.78 is 4.32. The van der Waals surface area contributed by atoms with Crippen LogP contribution in [0.4, 0.5) is 0 Å². The number of aromatic nitrogens is 5.